The second-order valence-electron chi connectivity index (χ2n) is 5.34. The first-order valence-corrected chi connectivity index (χ1v) is 7.76. The van der Waals surface area contributed by atoms with Crippen LogP contribution in [0.2, 0.25) is 0 Å². The molecule has 20 heavy (non-hydrogen) atoms. The highest BCUT2D eigenvalue weighted by molar-refractivity contribution is 9.10. The molecule has 1 aliphatic rings. The molecule has 3 rings (SSSR count). The quantitative estimate of drug-likeness (QED) is 0.849. The first-order valence-electron chi connectivity index (χ1n) is 6.97. The summed E-state index contributed by atoms with van der Waals surface area (Å²) in [5.74, 6) is 1.73. The van der Waals surface area contributed by atoms with Gasteiger partial charge in [-0.15, -0.1) is 0 Å². The molecule has 0 saturated heterocycles. The lowest BCUT2D eigenvalue weighted by Gasteiger charge is -2.10. The lowest BCUT2D eigenvalue weighted by molar-refractivity contribution is 0.478. The molecule has 0 atom stereocenters. The summed E-state index contributed by atoms with van der Waals surface area (Å²) >= 11 is 3.54. The Morgan fingerprint density at radius 2 is 2.05 bits per heavy atom. The van der Waals surface area contributed by atoms with Gasteiger partial charge in [-0.3, -0.25) is 0 Å². The summed E-state index contributed by atoms with van der Waals surface area (Å²) in [5, 5.41) is 3.52. The zero-order valence-electron chi connectivity index (χ0n) is 11.5. The standard InChI is InChI=1S/C17H18BrNO/c1-12-5-8-17(16(18)9-12)20-15-4-2-3-13(10-15)11-19-14-6-7-14/h2-5,8-10,14,19H,6-7,11H2,1H3. The molecule has 2 nitrogen and oxygen atoms in total. The molecule has 1 fully saturated rings. The molecule has 0 bridgehead atoms. The van der Waals surface area contributed by atoms with Crippen molar-refractivity contribution in [3.63, 3.8) is 0 Å². The van der Waals surface area contributed by atoms with E-state index in [2.05, 4.69) is 52.4 Å². The van der Waals surface area contributed by atoms with Crippen molar-refractivity contribution < 1.29 is 4.74 Å². The molecule has 2 aromatic rings. The molecule has 3 heteroatoms. The van der Waals surface area contributed by atoms with E-state index in [0.29, 0.717) is 0 Å². The van der Waals surface area contributed by atoms with Gasteiger partial charge in [0.1, 0.15) is 11.5 Å². The van der Waals surface area contributed by atoms with E-state index in [0.717, 1.165) is 28.6 Å². The Bertz CT molecular complexity index is 608. The van der Waals surface area contributed by atoms with Crippen LogP contribution in [-0.2, 0) is 6.54 Å². The number of aryl methyl sites for hydroxylation is 1. The SMILES string of the molecule is Cc1ccc(Oc2cccc(CNC3CC3)c2)c(Br)c1. The van der Waals surface area contributed by atoms with Gasteiger partial charge in [0.25, 0.3) is 0 Å². The molecule has 0 radical (unpaired) electrons. The predicted molar refractivity (Wildman–Crippen MR) is 85.3 cm³/mol. The molecule has 104 valence electrons. The van der Waals surface area contributed by atoms with Gasteiger partial charge in [0.05, 0.1) is 4.47 Å². The fraction of sp³-hybridized carbons (Fsp3) is 0.294. The van der Waals surface area contributed by atoms with Crippen molar-refractivity contribution >= 4 is 15.9 Å². The Morgan fingerprint density at radius 1 is 1.20 bits per heavy atom. The number of ether oxygens (including phenoxy) is 1. The number of rotatable bonds is 5. The van der Waals surface area contributed by atoms with E-state index in [1.54, 1.807) is 0 Å². The summed E-state index contributed by atoms with van der Waals surface area (Å²) in [6.07, 6.45) is 2.62. The van der Waals surface area contributed by atoms with Gasteiger partial charge < -0.3 is 10.1 Å². The van der Waals surface area contributed by atoms with Crippen LogP contribution in [-0.4, -0.2) is 6.04 Å². The Balaban J connectivity index is 1.70. The summed E-state index contributed by atoms with van der Waals surface area (Å²) in [7, 11) is 0. The van der Waals surface area contributed by atoms with Gasteiger partial charge in [-0.2, -0.15) is 0 Å². The van der Waals surface area contributed by atoms with Crippen LogP contribution in [0.15, 0.2) is 46.9 Å². The summed E-state index contributed by atoms with van der Waals surface area (Å²) < 4.78 is 6.94. The number of benzene rings is 2. The molecule has 0 aromatic heterocycles. The van der Waals surface area contributed by atoms with E-state index >= 15 is 0 Å². The second-order valence-corrected chi connectivity index (χ2v) is 6.19. The van der Waals surface area contributed by atoms with Crippen molar-refractivity contribution in [2.45, 2.75) is 32.4 Å². The third-order valence-electron chi connectivity index (χ3n) is 3.39. The van der Waals surface area contributed by atoms with E-state index in [4.69, 9.17) is 4.74 Å². The highest BCUT2D eigenvalue weighted by Crippen LogP contribution is 2.30. The Hall–Kier alpha value is -1.32. The van der Waals surface area contributed by atoms with Crippen molar-refractivity contribution in [2.75, 3.05) is 0 Å². The minimum atomic E-state index is 0.728. The van der Waals surface area contributed by atoms with E-state index in [1.165, 1.54) is 24.0 Å². The topological polar surface area (TPSA) is 21.3 Å². The van der Waals surface area contributed by atoms with E-state index in [1.807, 2.05) is 18.2 Å². The molecule has 0 unspecified atom stereocenters. The normalized spacial score (nSPS) is 14.3. The van der Waals surface area contributed by atoms with Gasteiger partial charge >= 0.3 is 0 Å². The monoisotopic (exact) mass is 331 g/mol. The fourth-order valence-electron chi connectivity index (χ4n) is 2.08. The second kappa shape index (κ2) is 5.98. The summed E-state index contributed by atoms with van der Waals surface area (Å²) in [5.41, 5.74) is 2.48. The molecule has 0 spiro atoms. The lowest BCUT2D eigenvalue weighted by Crippen LogP contribution is -2.15. The number of halogens is 1. The zero-order valence-corrected chi connectivity index (χ0v) is 13.1. The van der Waals surface area contributed by atoms with E-state index in [-0.39, 0.29) is 0 Å². The molecule has 0 aliphatic heterocycles. The smallest absolute Gasteiger partial charge is 0.141 e. The Kier molecular flexibility index (Phi) is 4.08. The van der Waals surface area contributed by atoms with Crippen molar-refractivity contribution in [2.24, 2.45) is 0 Å². The molecule has 1 saturated carbocycles. The molecule has 0 amide bonds. The van der Waals surface area contributed by atoms with Crippen LogP contribution < -0.4 is 10.1 Å². The molecule has 0 heterocycles. The minimum absolute atomic E-state index is 0.728. The average Bonchev–Trinajstić information content (AvgIpc) is 3.24. The van der Waals surface area contributed by atoms with Gasteiger partial charge in [-0.25, -0.2) is 0 Å². The third-order valence-corrected chi connectivity index (χ3v) is 4.01. The van der Waals surface area contributed by atoms with Crippen molar-refractivity contribution in [1.29, 1.82) is 0 Å². The Morgan fingerprint density at radius 3 is 2.80 bits per heavy atom. The summed E-state index contributed by atoms with van der Waals surface area (Å²) in [4.78, 5) is 0. The molecular weight excluding hydrogens is 314 g/mol. The first-order chi connectivity index (χ1) is 9.70. The van der Waals surface area contributed by atoms with E-state index < -0.39 is 0 Å². The van der Waals surface area contributed by atoms with E-state index in [9.17, 15) is 0 Å². The van der Waals surface area contributed by atoms with Gasteiger partial charge in [0.15, 0.2) is 0 Å². The molecule has 1 N–H and O–H groups in total. The van der Waals surface area contributed by atoms with Crippen molar-refractivity contribution in [1.82, 2.24) is 5.32 Å². The molecular formula is C17H18BrNO. The maximum absolute atomic E-state index is 5.95. The van der Waals surface area contributed by atoms with Gasteiger partial charge in [-0.05, 0) is 71.1 Å². The van der Waals surface area contributed by atoms with Crippen LogP contribution in [0.4, 0.5) is 0 Å². The lowest BCUT2D eigenvalue weighted by atomic mass is 10.2. The zero-order chi connectivity index (χ0) is 13.9. The first kappa shape index (κ1) is 13.7. The fourth-order valence-corrected chi connectivity index (χ4v) is 2.66. The number of nitrogens with one attached hydrogen (secondary N) is 1. The minimum Gasteiger partial charge on any atom is -0.456 e. The highest BCUT2D eigenvalue weighted by Gasteiger charge is 2.19. The largest absolute Gasteiger partial charge is 0.456 e. The predicted octanol–water partition coefficient (Wildman–Crippen LogP) is 4.80. The number of hydrogen-bond acceptors (Lipinski definition) is 2. The Labute approximate surface area is 128 Å². The van der Waals surface area contributed by atoms with Gasteiger partial charge in [0, 0.05) is 12.6 Å². The average molecular weight is 332 g/mol. The van der Waals surface area contributed by atoms with Crippen LogP contribution in [0.5, 0.6) is 11.5 Å². The highest BCUT2D eigenvalue weighted by atomic mass is 79.9. The third kappa shape index (κ3) is 3.62. The van der Waals surface area contributed by atoms with Crippen LogP contribution in [0.1, 0.15) is 24.0 Å². The van der Waals surface area contributed by atoms with Crippen molar-refractivity contribution in [3.05, 3.63) is 58.1 Å². The summed E-state index contributed by atoms with van der Waals surface area (Å²) in [6, 6.07) is 15.1. The van der Waals surface area contributed by atoms with Gasteiger partial charge in [0.2, 0.25) is 0 Å². The molecule has 1 aliphatic carbocycles. The molecule has 2 aromatic carbocycles. The number of hydrogen-bond donors (Lipinski definition) is 1. The van der Waals surface area contributed by atoms with Crippen LogP contribution in [0, 0.1) is 6.92 Å². The van der Waals surface area contributed by atoms with Crippen LogP contribution in [0.3, 0.4) is 0 Å². The van der Waals surface area contributed by atoms with Crippen LogP contribution >= 0.6 is 15.9 Å². The van der Waals surface area contributed by atoms with Crippen LogP contribution in [0.25, 0.3) is 0 Å². The van der Waals surface area contributed by atoms with Gasteiger partial charge in [-0.1, -0.05) is 18.2 Å². The van der Waals surface area contributed by atoms with Crippen molar-refractivity contribution in [3.8, 4) is 11.5 Å². The maximum Gasteiger partial charge on any atom is 0.141 e. The summed E-state index contributed by atoms with van der Waals surface area (Å²) in [6.45, 7) is 2.98. The maximum atomic E-state index is 5.95.